The number of ether oxygens (including phenoxy) is 2. The molecule has 6 rings (SSSR count). The molecule has 1 atom stereocenters. The van der Waals surface area contributed by atoms with Crippen LogP contribution in [0, 0.1) is 0 Å². The molecule has 0 saturated carbocycles. The van der Waals surface area contributed by atoms with Crippen LogP contribution in [0.3, 0.4) is 0 Å². The summed E-state index contributed by atoms with van der Waals surface area (Å²) < 4.78 is 14.5. The van der Waals surface area contributed by atoms with Gasteiger partial charge in [-0.15, -0.1) is 0 Å². The number of hydrogen-bond donors (Lipinski definition) is 2. The second-order valence-corrected chi connectivity index (χ2v) is 9.70. The minimum absolute atomic E-state index is 0.310. The molecule has 0 bridgehead atoms. The van der Waals surface area contributed by atoms with E-state index in [9.17, 15) is 14.4 Å². The number of methoxy groups -OCH3 is 2. The first-order valence-corrected chi connectivity index (χ1v) is 12.6. The van der Waals surface area contributed by atoms with E-state index in [2.05, 4.69) is 21.3 Å². The van der Waals surface area contributed by atoms with Gasteiger partial charge in [0.15, 0.2) is 0 Å². The summed E-state index contributed by atoms with van der Waals surface area (Å²) in [5, 5.41) is 10.1. The third-order valence-corrected chi connectivity index (χ3v) is 7.56. The second-order valence-electron chi connectivity index (χ2n) is 9.70. The lowest BCUT2D eigenvalue weighted by Gasteiger charge is -2.14. The number of carbonyl (C=O) groups excluding carboxylic acids is 3. The predicted octanol–water partition coefficient (Wildman–Crippen LogP) is 3.87. The third-order valence-electron chi connectivity index (χ3n) is 7.56. The molecule has 0 unspecified atom stereocenters. The van der Waals surface area contributed by atoms with Gasteiger partial charge >= 0.3 is 5.97 Å². The van der Waals surface area contributed by atoms with Crippen LogP contribution in [0.5, 0.6) is 5.75 Å². The van der Waals surface area contributed by atoms with Gasteiger partial charge in [0, 0.05) is 52.8 Å². The lowest BCUT2D eigenvalue weighted by Crippen LogP contribution is -2.35. The zero-order chi connectivity index (χ0) is 26.7. The maximum atomic E-state index is 13.3. The number of nitrogens with one attached hydrogen (secondary N) is 2. The fourth-order valence-electron chi connectivity index (χ4n) is 5.81. The molecule has 38 heavy (non-hydrogen) atoms. The van der Waals surface area contributed by atoms with Gasteiger partial charge in [0.1, 0.15) is 11.8 Å². The molecule has 3 aromatic carbocycles. The Hall–Kier alpha value is -4.37. The summed E-state index contributed by atoms with van der Waals surface area (Å²) in [6.07, 6.45) is 2.68. The molecule has 0 spiro atoms. The topological polar surface area (TPSA) is 104 Å². The predicted molar refractivity (Wildman–Crippen MR) is 146 cm³/mol. The summed E-state index contributed by atoms with van der Waals surface area (Å²) in [5.41, 5.74) is 3.56. The van der Waals surface area contributed by atoms with Crippen molar-refractivity contribution in [3.8, 4) is 5.75 Å². The van der Waals surface area contributed by atoms with Crippen LogP contribution in [-0.4, -0.2) is 53.7 Å². The average Bonchev–Trinajstić information content (AvgIpc) is 3.56. The highest BCUT2D eigenvalue weighted by molar-refractivity contribution is 6.39. The quantitative estimate of drug-likeness (QED) is 0.195. The molecular weight excluding hydrogens is 484 g/mol. The van der Waals surface area contributed by atoms with E-state index in [1.165, 1.54) is 7.11 Å². The van der Waals surface area contributed by atoms with E-state index in [0.29, 0.717) is 36.4 Å². The maximum absolute atomic E-state index is 13.3. The number of esters is 1. The molecule has 2 N–H and O–H groups in total. The summed E-state index contributed by atoms with van der Waals surface area (Å²) in [6, 6.07) is 11.5. The Morgan fingerprint density at radius 3 is 2.42 bits per heavy atom. The van der Waals surface area contributed by atoms with Crippen LogP contribution in [0.15, 0.2) is 42.6 Å². The fourth-order valence-corrected chi connectivity index (χ4v) is 5.81. The SMILES string of the molecule is COC(=O)[C@H](C)NCCCn1c2cc(OC)ccc2c2c3c(c4c(ccc5ccn(C)c54)c21)C(=O)NC3=O. The number of aromatic nitrogens is 2. The van der Waals surface area contributed by atoms with Crippen molar-refractivity contribution >= 4 is 61.3 Å². The molecule has 1 aliphatic rings. The number of amides is 2. The molecule has 0 radical (unpaired) electrons. The first-order valence-electron chi connectivity index (χ1n) is 12.6. The van der Waals surface area contributed by atoms with Crippen molar-refractivity contribution in [2.45, 2.75) is 25.9 Å². The number of aryl methyl sites for hydroxylation is 2. The van der Waals surface area contributed by atoms with E-state index < -0.39 is 6.04 Å². The molecule has 5 aromatic rings. The van der Waals surface area contributed by atoms with E-state index in [1.807, 2.05) is 48.1 Å². The monoisotopic (exact) mass is 512 g/mol. The number of benzene rings is 3. The van der Waals surface area contributed by atoms with Gasteiger partial charge in [-0.25, -0.2) is 0 Å². The number of fused-ring (bicyclic) bond motifs is 10. The first kappa shape index (κ1) is 24.0. The lowest BCUT2D eigenvalue weighted by molar-refractivity contribution is -0.142. The van der Waals surface area contributed by atoms with Crippen LogP contribution in [0.1, 0.15) is 34.1 Å². The van der Waals surface area contributed by atoms with Gasteiger partial charge < -0.3 is 23.9 Å². The number of carbonyl (C=O) groups is 3. The van der Waals surface area contributed by atoms with Crippen molar-refractivity contribution in [1.82, 2.24) is 19.8 Å². The number of nitrogens with zero attached hydrogens (tertiary/aromatic N) is 2. The molecule has 3 heterocycles. The highest BCUT2D eigenvalue weighted by Crippen LogP contribution is 2.44. The Balaban J connectivity index is 1.65. The summed E-state index contributed by atoms with van der Waals surface area (Å²) in [5.74, 6) is -0.367. The molecule has 0 saturated heterocycles. The molecule has 0 fully saturated rings. The normalized spacial score (nSPS) is 14.0. The van der Waals surface area contributed by atoms with Crippen molar-refractivity contribution < 1.29 is 23.9 Å². The molecule has 0 aliphatic carbocycles. The van der Waals surface area contributed by atoms with Crippen LogP contribution in [-0.2, 0) is 23.1 Å². The average molecular weight is 513 g/mol. The number of hydrogen-bond acceptors (Lipinski definition) is 6. The van der Waals surface area contributed by atoms with Crippen LogP contribution in [0.25, 0.3) is 43.5 Å². The van der Waals surface area contributed by atoms with Gasteiger partial charge in [-0.3, -0.25) is 19.7 Å². The van der Waals surface area contributed by atoms with E-state index in [0.717, 1.165) is 43.5 Å². The van der Waals surface area contributed by atoms with Crippen LogP contribution < -0.4 is 15.4 Å². The molecule has 2 aromatic heterocycles. The van der Waals surface area contributed by atoms with Crippen LogP contribution >= 0.6 is 0 Å². The van der Waals surface area contributed by atoms with Gasteiger partial charge in [0.2, 0.25) is 0 Å². The summed E-state index contributed by atoms with van der Waals surface area (Å²) in [7, 11) is 4.94. The minimum atomic E-state index is -0.414. The standard InChI is InChI=1S/C29H28N4O5/c1-15(29(36)38-4)30-11-5-12-33-20-14-17(37-3)7-9-18(20)21-23-24(28(35)31-27(23)34)22-19(26(21)33)8-6-16-10-13-32(2)25(16)22/h6-10,13-15,30H,5,11-12H2,1-4H3,(H,31,34,35)/t15-/m0/s1. The van der Waals surface area contributed by atoms with E-state index in [-0.39, 0.29) is 17.8 Å². The fraction of sp³-hybridized carbons (Fsp3) is 0.276. The van der Waals surface area contributed by atoms with Gasteiger partial charge in [0.25, 0.3) is 11.8 Å². The van der Waals surface area contributed by atoms with Crippen molar-refractivity contribution in [3.05, 3.63) is 53.7 Å². The molecular formula is C29H28N4O5. The molecule has 9 heteroatoms. The highest BCUT2D eigenvalue weighted by Gasteiger charge is 2.35. The Labute approximate surface area is 218 Å². The Morgan fingerprint density at radius 1 is 1.00 bits per heavy atom. The van der Waals surface area contributed by atoms with Crippen molar-refractivity contribution in [2.24, 2.45) is 7.05 Å². The lowest BCUT2D eigenvalue weighted by atomic mass is 9.93. The summed E-state index contributed by atoms with van der Waals surface area (Å²) in [6.45, 7) is 2.97. The Bertz CT molecular complexity index is 1810. The van der Waals surface area contributed by atoms with Crippen molar-refractivity contribution in [2.75, 3.05) is 20.8 Å². The van der Waals surface area contributed by atoms with Crippen molar-refractivity contribution in [3.63, 3.8) is 0 Å². The highest BCUT2D eigenvalue weighted by atomic mass is 16.5. The largest absolute Gasteiger partial charge is 0.497 e. The zero-order valence-electron chi connectivity index (χ0n) is 21.7. The van der Waals surface area contributed by atoms with Crippen molar-refractivity contribution in [1.29, 1.82) is 0 Å². The van der Waals surface area contributed by atoms with E-state index in [1.54, 1.807) is 14.0 Å². The smallest absolute Gasteiger partial charge is 0.322 e. The third kappa shape index (κ3) is 3.39. The van der Waals surface area contributed by atoms with Crippen LogP contribution in [0.4, 0.5) is 0 Å². The van der Waals surface area contributed by atoms with Gasteiger partial charge in [-0.1, -0.05) is 12.1 Å². The molecule has 194 valence electrons. The van der Waals surface area contributed by atoms with Gasteiger partial charge in [-0.05, 0) is 38.1 Å². The van der Waals surface area contributed by atoms with E-state index in [4.69, 9.17) is 9.47 Å². The second kappa shape index (κ2) is 8.88. The Morgan fingerprint density at radius 2 is 1.71 bits per heavy atom. The molecule has 1 aliphatic heterocycles. The Kier molecular flexibility index (Phi) is 5.61. The molecule has 2 amide bonds. The van der Waals surface area contributed by atoms with E-state index >= 15 is 0 Å². The summed E-state index contributed by atoms with van der Waals surface area (Å²) >= 11 is 0. The summed E-state index contributed by atoms with van der Waals surface area (Å²) in [4.78, 5) is 38.3. The van der Waals surface area contributed by atoms with Gasteiger partial charge in [-0.2, -0.15) is 0 Å². The van der Waals surface area contributed by atoms with Crippen LogP contribution in [0.2, 0.25) is 0 Å². The zero-order valence-corrected chi connectivity index (χ0v) is 21.7. The number of imide groups is 1. The minimum Gasteiger partial charge on any atom is -0.497 e. The van der Waals surface area contributed by atoms with Gasteiger partial charge in [0.05, 0.1) is 41.9 Å². The first-order chi connectivity index (χ1) is 18.3. The number of rotatable bonds is 7. The molecule has 9 nitrogen and oxygen atoms in total. The maximum Gasteiger partial charge on any atom is 0.322 e.